The number of sulfonamides is 1. The molecular weight excluding hydrogens is 520 g/mol. The van der Waals surface area contributed by atoms with Crippen LogP contribution in [0.5, 0.6) is 5.75 Å². The number of rotatable bonds is 10. The van der Waals surface area contributed by atoms with Gasteiger partial charge in [-0.1, -0.05) is 30.3 Å². The van der Waals surface area contributed by atoms with Crippen molar-refractivity contribution in [3.8, 4) is 5.75 Å². The lowest BCUT2D eigenvalue weighted by Gasteiger charge is -2.20. The Kier molecular flexibility index (Phi) is 8.26. The van der Waals surface area contributed by atoms with E-state index < -0.39 is 35.1 Å². The van der Waals surface area contributed by atoms with Gasteiger partial charge in [0.1, 0.15) is 5.75 Å². The van der Waals surface area contributed by atoms with E-state index in [-0.39, 0.29) is 10.7 Å². The van der Waals surface area contributed by atoms with Gasteiger partial charge in [0.15, 0.2) is 19.0 Å². The van der Waals surface area contributed by atoms with Crippen LogP contribution in [-0.4, -0.2) is 46.3 Å². The van der Waals surface area contributed by atoms with Gasteiger partial charge in [-0.2, -0.15) is 0 Å². The second kappa shape index (κ2) is 11.8. The number of esters is 1. The van der Waals surface area contributed by atoms with Crippen LogP contribution in [0.2, 0.25) is 0 Å². The minimum absolute atomic E-state index is 0.0884. The smallest absolute Gasteiger partial charge is 0.344 e. The van der Waals surface area contributed by atoms with E-state index >= 15 is 0 Å². The van der Waals surface area contributed by atoms with Gasteiger partial charge >= 0.3 is 5.97 Å². The Labute approximate surface area is 226 Å². The molecule has 0 unspecified atom stereocenters. The summed E-state index contributed by atoms with van der Waals surface area (Å²) in [5, 5.41) is 4.33. The molecule has 0 bridgehead atoms. The molecular formula is C29H26N2O7S. The molecule has 4 rings (SSSR count). The fourth-order valence-electron chi connectivity index (χ4n) is 3.69. The van der Waals surface area contributed by atoms with Crippen molar-refractivity contribution in [2.24, 2.45) is 0 Å². The quantitative estimate of drug-likeness (QED) is 0.231. The van der Waals surface area contributed by atoms with Crippen LogP contribution in [0.15, 0.2) is 95.9 Å². The van der Waals surface area contributed by atoms with Crippen molar-refractivity contribution in [2.45, 2.75) is 11.8 Å². The van der Waals surface area contributed by atoms with Gasteiger partial charge < -0.3 is 14.8 Å². The van der Waals surface area contributed by atoms with Crippen LogP contribution in [0.4, 0.5) is 11.4 Å². The number of hydrogen-bond donors (Lipinski definition) is 1. The van der Waals surface area contributed by atoms with Crippen LogP contribution >= 0.6 is 0 Å². The topological polar surface area (TPSA) is 119 Å². The second-order valence-electron chi connectivity index (χ2n) is 8.61. The molecule has 200 valence electrons. The number of benzene rings is 4. The van der Waals surface area contributed by atoms with Crippen LogP contribution < -0.4 is 14.4 Å². The first-order valence-electron chi connectivity index (χ1n) is 11.9. The maximum atomic E-state index is 13.1. The van der Waals surface area contributed by atoms with Crippen molar-refractivity contribution in [2.75, 3.05) is 29.9 Å². The molecule has 0 saturated heterocycles. The lowest BCUT2D eigenvalue weighted by molar-refractivity contribution is -0.149. The Morgan fingerprint density at radius 1 is 0.821 bits per heavy atom. The molecule has 1 amide bonds. The number of fused-ring (bicyclic) bond motifs is 1. The molecule has 0 spiro atoms. The van der Waals surface area contributed by atoms with E-state index in [1.807, 2.05) is 24.3 Å². The summed E-state index contributed by atoms with van der Waals surface area (Å²) < 4.78 is 37.8. The molecule has 9 nitrogen and oxygen atoms in total. The number of anilines is 2. The van der Waals surface area contributed by atoms with Gasteiger partial charge in [0.05, 0.1) is 10.6 Å². The average Bonchev–Trinajstić information content (AvgIpc) is 2.94. The average molecular weight is 547 g/mol. The summed E-state index contributed by atoms with van der Waals surface area (Å²) in [6, 6.07) is 25.0. The Hall–Kier alpha value is -4.70. The Morgan fingerprint density at radius 2 is 1.49 bits per heavy atom. The zero-order valence-electron chi connectivity index (χ0n) is 21.3. The number of ether oxygens (including phenoxy) is 2. The highest BCUT2D eigenvalue weighted by Gasteiger charge is 2.21. The molecule has 0 aliphatic rings. The van der Waals surface area contributed by atoms with E-state index in [4.69, 9.17) is 9.47 Å². The highest BCUT2D eigenvalue weighted by molar-refractivity contribution is 7.92. The maximum Gasteiger partial charge on any atom is 0.344 e. The monoisotopic (exact) mass is 546 g/mol. The third kappa shape index (κ3) is 6.79. The molecule has 0 aromatic heterocycles. The molecule has 0 atom stereocenters. The summed E-state index contributed by atoms with van der Waals surface area (Å²) in [4.78, 5) is 35.5. The number of Topliss-reactive ketones (excluding diaryl/α,β-unsaturated/α-hetero) is 1. The molecule has 0 saturated carbocycles. The first-order chi connectivity index (χ1) is 18.6. The van der Waals surface area contributed by atoms with E-state index in [1.54, 1.807) is 54.6 Å². The first kappa shape index (κ1) is 27.3. The van der Waals surface area contributed by atoms with Crippen LogP contribution in [-0.2, 0) is 24.3 Å². The summed E-state index contributed by atoms with van der Waals surface area (Å²) in [5.74, 6) is -1.06. The summed E-state index contributed by atoms with van der Waals surface area (Å²) in [6.45, 7) is 0.498. The van der Waals surface area contributed by atoms with E-state index in [0.717, 1.165) is 10.8 Å². The predicted octanol–water partition coefficient (Wildman–Crippen LogP) is 4.43. The number of nitrogens with zero attached hydrogens (tertiary/aromatic N) is 1. The zero-order chi connectivity index (χ0) is 28.0. The molecule has 0 radical (unpaired) electrons. The van der Waals surface area contributed by atoms with Gasteiger partial charge in [-0.3, -0.25) is 13.9 Å². The molecule has 0 aliphatic carbocycles. The summed E-state index contributed by atoms with van der Waals surface area (Å²) in [6.07, 6.45) is 0. The van der Waals surface area contributed by atoms with Crippen molar-refractivity contribution in [3.05, 3.63) is 96.6 Å². The number of ketones is 1. The van der Waals surface area contributed by atoms with Gasteiger partial charge in [-0.15, -0.1) is 0 Å². The number of nitrogens with one attached hydrogen (secondary N) is 1. The van der Waals surface area contributed by atoms with Crippen molar-refractivity contribution in [1.82, 2.24) is 0 Å². The minimum Gasteiger partial charge on any atom is -0.482 e. The summed E-state index contributed by atoms with van der Waals surface area (Å²) in [5.41, 5.74) is 1.39. The maximum absolute atomic E-state index is 13.1. The predicted molar refractivity (Wildman–Crippen MR) is 148 cm³/mol. The molecule has 4 aromatic carbocycles. The molecule has 0 fully saturated rings. The fraction of sp³-hybridized carbons (Fsp3) is 0.138. The van der Waals surface area contributed by atoms with E-state index in [1.165, 1.54) is 30.4 Å². The van der Waals surface area contributed by atoms with Crippen molar-refractivity contribution < 1.29 is 32.3 Å². The molecule has 1 N–H and O–H groups in total. The number of amides is 1. The van der Waals surface area contributed by atoms with E-state index in [2.05, 4.69) is 5.32 Å². The molecule has 0 heterocycles. The molecule has 0 aliphatic heterocycles. The summed E-state index contributed by atoms with van der Waals surface area (Å²) in [7, 11) is -2.34. The van der Waals surface area contributed by atoms with Gasteiger partial charge in [-0.25, -0.2) is 13.2 Å². The first-order valence-corrected chi connectivity index (χ1v) is 13.3. The SMILES string of the molecule is CC(=O)c1ccc(NC(=O)COC(=O)COc2ccc(N(C)S(=O)(=O)c3ccc4ccccc4c3)cc2)cc1. The van der Waals surface area contributed by atoms with Gasteiger partial charge in [-0.05, 0) is 78.4 Å². The van der Waals surface area contributed by atoms with Crippen LogP contribution in [0, 0.1) is 0 Å². The zero-order valence-corrected chi connectivity index (χ0v) is 22.1. The third-order valence-electron chi connectivity index (χ3n) is 5.88. The lowest BCUT2D eigenvalue weighted by atomic mass is 10.1. The standard InChI is InChI=1S/C29H26N2O7S/c1-20(32)21-7-10-24(11-8-21)30-28(33)18-38-29(34)19-37-26-14-12-25(13-15-26)31(2)39(35,36)27-16-9-22-5-3-4-6-23(22)17-27/h3-17H,18-19H2,1-2H3,(H,30,33). The third-order valence-corrected chi connectivity index (χ3v) is 7.66. The number of carbonyl (C=O) groups is 3. The van der Waals surface area contributed by atoms with Crippen LogP contribution in [0.3, 0.4) is 0 Å². The highest BCUT2D eigenvalue weighted by atomic mass is 32.2. The van der Waals surface area contributed by atoms with E-state index in [0.29, 0.717) is 22.7 Å². The number of carbonyl (C=O) groups excluding carboxylic acids is 3. The van der Waals surface area contributed by atoms with Gasteiger partial charge in [0.2, 0.25) is 0 Å². The van der Waals surface area contributed by atoms with Crippen LogP contribution in [0.25, 0.3) is 10.8 Å². The van der Waals surface area contributed by atoms with Crippen molar-refractivity contribution in [3.63, 3.8) is 0 Å². The normalized spacial score (nSPS) is 11.0. The molecule has 10 heteroatoms. The van der Waals surface area contributed by atoms with Crippen LogP contribution in [0.1, 0.15) is 17.3 Å². The molecule has 39 heavy (non-hydrogen) atoms. The van der Waals surface area contributed by atoms with Crippen molar-refractivity contribution in [1.29, 1.82) is 0 Å². The second-order valence-corrected chi connectivity index (χ2v) is 10.6. The van der Waals surface area contributed by atoms with E-state index in [9.17, 15) is 22.8 Å². The Morgan fingerprint density at radius 3 is 2.15 bits per heavy atom. The highest BCUT2D eigenvalue weighted by Crippen LogP contribution is 2.26. The largest absolute Gasteiger partial charge is 0.482 e. The Bertz CT molecular complexity index is 1620. The minimum atomic E-state index is -3.80. The Balaban J connectivity index is 1.27. The lowest BCUT2D eigenvalue weighted by Crippen LogP contribution is -2.26. The molecule has 4 aromatic rings. The van der Waals surface area contributed by atoms with Crippen molar-refractivity contribution >= 4 is 49.8 Å². The summed E-state index contributed by atoms with van der Waals surface area (Å²) >= 11 is 0. The fourth-order valence-corrected chi connectivity index (χ4v) is 4.92. The number of hydrogen-bond acceptors (Lipinski definition) is 7. The van der Waals surface area contributed by atoms with Gasteiger partial charge in [0.25, 0.3) is 15.9 Å². The van der Waals surface area contributed by atoms with Gasteiger partial charge in [0, 0.05) is 18.3 Å².